The maximum absolute atomic E-state index is 12.6. The second kappa shape index (κ2) is 9.91. The molecule has 0 spiro atoms. The van der Waals surface area contributed by atoms with Gasteiger partial charge in [0.2, 0.25) is 11.8 Å². The van der Waals surface area contributed by atoms with Gasteiger partial charge in [-0.2, -0.15) is 0 Å². The van der Waals surface area contributed by atoms with Crippen LogP contribution in [0.25, 0.3) is 0 Å². The smallest absolute Gasteiger partial charge is 0.340 e. The number of ether oxygens (including phenoxy) is 1. The van der Waals surface area contributed by atoms with Gasteiger partial charge in [-0.15, -0.1) is 0 Å². The molecule has 144 valence electrons. The van der Waals surface area contributed by atoms with E-state index >= 15 is 0 Å². The Kier molecular flexibility index (Phi) is 8.25. The van der Waals surface area contributed by atoms with Crippen LogP contribution in [0.3, 0.4) is 0 Å². The van der Waals surface area contributed by atoms with Crippen molar-refractivity contribution < 1.29 is 19.1 Å². The highest BCUT2D eigenvalue weighted by atomic mass is 16.5. The zero-order chi connectivity index (χ0) is 19.7. The van der Waals surface area contributed by atoms with Gasteiger partial charge in [-0.1, -0.05) is 12.1 Å². The number of nitrogens with zero attached hydrogens (tertiary/aromatic N) is 1. The molecule has 0 heterocycles. The number of carbonyl (C=O) groups excluding carboxylic acids is 3. The lowest BCUT2D eigenvalue weighted by Crippen LogP contribution is -2.45. The number of carbonyl (C=O) groups is 3. The van der Waals surface area contributed by atoms with Crippen LogP contribution in [-0.4, -0.2) is 56.5 Å². The van der Waals surface area contributed by atoms with Crippen molar-refractivity contribution in [3.8, 4) is 0 Å². The van der Waals surface area contributed by atoms with Crippen LogP contribution >= 0.6 is 0 Å². The summed E-state index contributed by atoms with van der Waals surface area (Å²) in [4.78, 5) is 39.0. The number of esters is 1. The van der Waals surface area contributed by atoms with E-state index in [-0.39, 0.29) is 18.1 Å². The van der Waals surface area contributed by atoms with E-state index in [1.165, 1.54) is 0 Å². The highest BCUT2D eigenvalue weighted by molar-refractivity contribution is 6.11. The van der Waals surface area contributed by atoms with Crippen LogP contribution in [0.5, 0.6) is 0 Å². The Balaban J connectivity index is 2.76. The van der Waals surface area contributed by atoms with E-state index in [0.717, 1.165) is 13.0 Å². The van der Waals surface area contributed by atoms with E-state index in [0.29, 0.717) is 12.2 Å². The monoisotopic (exact) mass is 363 g/mol. The first-order valence-electron chi connectivity index (χ1n) is 8.70. The minimum atomic E-state index is -1.28. The fourth-order valence-corrected chi connectivity index (χ4v) is 2.18. The van der Waals surface area contributed by atoms with Crippen LogP contribution in [0.4, 0.5) is 5.69 Å². The molecular formula is C19H29N3O4. The lowest BCUT2D eigenvalue weighted by Gasteiger charge is -2.23. The molecule has 0 saturated carbocycles. The molecule has 0 aromatic heterocycles. The predicted molar refractivity (Wildman–Crippen MR) is 101 cm³/mol. The molecule has 0 aliphatic rings. The number of para-hydroxylation sites is 1. The van der Waals surface area contributed by atoms with E-state index in [9.17, 15) is 14.4 Å². The number of anilines is 1. The molecule has 2 amide bonds. The number of hydrogen-bond donors (Lipinski definition) is 2. The summed E-state index contributed by atoms with van der Waals surface area (Å²) < 4.78 is 4.99. The molecule has 7 nitrogen and oxygen atoms in total. The quantitative estimate of drug-likeness (QED) is 0.397. The number of hydrogen-bond acceptors (Lipinski definition) is 5. The summed E-state index contributed by atoms with van der Waals surface area (Å²) in [5, 5.41) is 5.46. The van der Waals surface area contributed by atoms with Crippen LogP contribution in [0.1, 0.15) is 37.6 Å². The summed E-state index contributed by atoms with van der Waals surface area (Å²) in [5.41, 5.74) is -0.700. The fourth-order valence-electron chi connectivity index (χ4n) is 2.18. The van der Waals surface area contributed by atoms with Crippen LogP contribution < -0.4 is 10.6 Å². The van der Waals surface area contributed by atoms with Crippen molar-refractivity contribution >= 4 is 23.5 Å². The molecule has 0 unspecified atom stereocenters. The number of nitrogens with one attached hydrogen (secondary N) is 2. The van der Waals surface area contributed by atoms with Crippen molar-refractivity contribution in [1.29, 1.82) is 0 Å². The number of benzene rings is 1. The molecule has 0 aliphatic heterocycles. The van der Waals surface area contributed by atoms with E-state index in [1.54, 1.807) is 45.0 Å². The van der Waals surface area contributed by atoms with Crippen molar-refractivity contribution in [1.82, 2.24) is 10.2 Å². The molecule has 0 saturated heterocycles. The molecule has 1 aromatic carbocycles. The van der Waals surface area contributed by atoms with Gasteiger partial charge in [-0.05, 0) is 60.0 Å². The van der Waals surface area contributed by atoms with Crippen molar-refractivity contribution in [2.24, 2.45) is 5.41 Å². The van der Waals surface area contributed by atoms with Gasteiger partial charge in [0, 0.05) is 6.54 Å². The molecular weight excluding hydrogens is 334 g/mol. The van der Waals surface area contributed by atoms with Gasteiger partial charge in [-0.3, -0.25) is 9.59 Å². The summed E-state index contributed by atoms with van der Waals surface area (Å²) >= 11 is 0. The normalized spacial score (nSPS) is 11.2. The maximum atomic E-state index is 12.6. The fraction of sp³-hybridized carbons (Fsp3) is 0.526. The Hall–Kier alpha value is -2.41. The lowest BCUT2D eigenvalue weighted by molar-refractivity contribution is -0.138. The van der Waals surface area contributed by atoms with Crippen LogP contribution in [-0.2, 0) is 14.3 Å². The Bertz CT molecular complexity index is 641. The van der Waals surface area contributed by atoms with Crippen LogP contribution in [0.15, 0.2) is 24.3 Å². The molecule has 0 atom stereocenters. The Labute approximate surface area is 155 Å². The first-order valence-corrected chi connectivity index (χ1v) is 8.70. The molecule has 0 aliphatic carbocycles. The highest BCUT2D eigenvalue weighted by Gasteiger charge is 2.36. The summed E-state index contributed by atoms with van der Waals surface area (Å²) in [6, 6.07) is 6.56. The van der Waals surface area contributed by atoms with Crippen molar-refractivity contribution in [3.05, 3.63) is 29.8 Å². The van der Waals surface area contributed by atoms with Crippen LogP contribution in [0, 0.1) is 5.41 Å². The van der Waals surface area contributed by atoms with E-state index in [4.69, 9.17) is 4.74 Å². The Morgan fingerprint density at radius 3 is 2.38 bits per heavy atom. The zero-order valence-corrected chi connectivity index (χ0v) is 16.2. The SMILES string of the molecule is CCOC(=O)c1ccccc1NC(=O)C(C)(C)C(=O)NCCCN(C)C. The first-order chi connectivity index (χ1) is 12.2. The summed E-state index contributed by atoms with van der Waals surface area (Å²) in [5.74, 6) is -1.36. The second-order valence-corrected chi connectivity index (χ2v) is 6.76. The van der Waals surface area contributed by atoms with E-state index in [2.05, 4.69) is 10.6 Å². The zero-order valence-electron chi connectivity index (χ0n) is 16.2. The number of rotatable bonds is 9. The van der Waals surface area contributed by atoms with E-state index < -0.39 is 17.3 Å². The molecule has 0 fully saturated rings. The van der Waals surface area contributed by atoms with Crippen LogP contribution in [0.2, 0.25) is 0 Å². The van der Waals surface area contributed by atoms with E-state index in [1.807, 2.05) is 19.0 Å². The molecule has 7 heteroatoms. The van der Waals surface area contributed by atoms with Crippen molar-refractivity contribution in [3.63, 3.8) is 0 Å². The average molecular weight is 363 g/mol. The standard InChI is InChI=1S/C19H29N3O4/c1-6-26-16(23)14-10-7-8-11-15(14)21-18(25)19(2,3)17(24)20-12-9-13-22(4)5/h7-8,10-11H,6,9,12-13H2,1-5H3,(H,20,24)(H,21,25). The average Bonchev–Trinajstić information content (AvgIpc) is 2.58. The summed E-state index contributed by atoms with van der Waals surface area (Å²) in [6.07, 6.45) is 0.794. The third kappa shape index (κ3) is 6.15. The molecule has 0 radical (unpaired) electrons. The van der Waals surface area contributed by atoms with Gasteiger partial charge >= 0.3 is 5.97 Å². The van der Waals surface area contributed by atoms with Gasteiger partial charge in [0.25, 0.3) is 0 Å². The minimum Gasteiger partial charge on any atom is -0.462 e. The molecule has 2 N–H and O–H groups in total. The van der Waals surface area contributed by atoms with Crippen molar-refractivity contribution in [2.45, 2.75) is 27.2 Å². The Morgan fingerprint density at radius 2 is 1.77 bits per heavy atom. The summed E-state index contributed by atoms with van der Waals surface area (Å²) in [7, 11) is 3.92. The molecule has 1 rings (SSSR count). The molecule has 1 aromatic rings. The third-order valence-electron chi connectivity index (χ3n) is 3.87. The second-order valence-electron chi connectivity index (χ2n) is 6.76. The first kappa shape index (κ1) is 21.6. The topological polar surface area (TPSA) is 87.7 Å². The Morgan fingerprint density at radius 1 is 1.12 bits per heavy atom. The maximum Gasteiger partial charge on any atom is 0.340 e. The largest absolute Gasteiger partial charge is 0.462 e. The predicted octanol–water partition coefficient (Wildman–Crippen LogP) is 1.90. The minimum absolute atomic E-state index is 0.238. The highest BCUT2D eigenvalue weighted by Crippen LogP contribution is 2.22. The molecule has 26 heavy (non-hydrogen) atoms. The summed E-state index contributed by atoms with van der Waals surface area (Å²) in [6.45, 7) is 6.39. The van der Waals surface area contributed by atoms with Gasteiger partial charge in [0.1, 0.15) is 5.41 Å². The third-order valence-corrected chi connectivity index (χ3v) is 3.87. The van der Waals surface area contributed by atoms with Gasteiger partial charge in [0.05, 0.1) is 17.9 Å². The van der Waals surface area contributed by atoms with Gasteiger partial charge < -0.3 is 20.3 Å². The van der Waals surface area contributed by atoms with Gasteiger partial charge in [0.15, 0.2) is 0 Å². The van der Waals surface area contributed by atoms with Gasteiger partial charge in [-0.25, -0.2) is 4.79 Å². The van der Waals surface area contributed by atoms with Crippen molar-refractivity contribution in [2.75, 3.05) is 39.1 Å². The number of amides is 2. The lowest BCUT2D eigenvalue weighted by atomic mass is 9.90. The molecule has 0 bridgehead atoms.